The van der Waals surface area contributed by atoms with Crippen LogP contribution in [0.5, 0.6) is 0 Å². The van der Waals surface area contributed by atoms with Gasteiger partial charge in [0.1, 0.15) is 0 Å². The van der Waals surface area contributed by atoms with Crippen LogP contribution < -0.4 is 0 Å². The third-order valence-corrected chi connectivity index (χ3v) is 6.86. The van der Waals surface area contributed by atoms with Crippen molar-refractivity contribution < 1.29 is 13.3 Å². The van der Waals surface area contributed by atoms with Crippen LogP contribution in [0.25, 0.3) is 0 Å². The van der Waals surface area contributed by atoms with Gasteiger partial charge in [0.15, 0.2) is 0 Å². The Morgan fingerprint density at radius 1 is 0.818 bits per heavy atom. The van der Waals surface area contributed by atoms with E-state index in [9.17, 15) is 0 Å². The van der Waals surface area contributed by atoms with E-state index < -0.39 is 8.80 Å². The normalized spacial score (nSPS) is 18.3. The van der Waals surface area contributed by atoms with Crippen molar-refractivity contribution in [2.24, 2.45) is 0 Å². The standard InChI is InChI=1S/C15H35N3O3Si/c1-6-19-22(20-7-2,21-8-3)15-18-13-11-17(12-14-18)10-9-16(4)5/h6-15H2,1-5H3. The molecule has 0 aliphatic carbocycles. The summed E-state index contributed by atoms with van der Waals surface area (Å²) in [6.07, 6.45) is 0.810. The lowest BCUT2D eigenvalue weighted by Crippen LogP contribution is -2.59. The van der Waals surface area contributed by atoms with Gasteiger partial charge in [-0.05, 0) is 34.9 Å². The largest absolute Gasteiger partial charge is 0.515 e. The van der Waals surface area contributed by atoms with E-state index in [0.717, 1.165) is 45.4 Å². The molecule has 1 aliphatic heterocycles. The first-order valence-corrected chi connectivity index (χ1v) is 10.5. The first kappa shape index (κ1) is 20.0. The highest BCUT2D eigenvalue weighted by atomic mass is 28.4. The summed E-state index contributed by atoms with van der Waals surface area (Å²) in [7, 11) is 1.71. The second kappa shape index (κ2) is 10.7. The fourth-order valence-electron chi connectivity index (χ4n) is 2.71. The average molecular weight is 334 g/mol. The summed E-state index contributed by atoms with van der Waals surface area (Å²) >= 11 is 0. The topological polar surface area (TPSA) is 37.4 Å². The molecular weight excluding hydrogens is 298 g/mol. The number of hydrogen-bond acceptors (Lipinski definition) is 6. The lowest BCUT2D eigenvalue weighted by atomic mass is 10.3. The Morgan fingerprint density at radius 3 is 1.68 bits per heavy atom. The van der Waals surface area contributed by atoms with Gasteiger partial charge in [-0.25, -0.2) is 0 Å². The predicted octanol–water partition coefficient (Wildman–Crippen LogP) is 0.753. The molecule has 0 aromatic rings. The Morgan fingerprint density at radius 2 is 1.27 bits per heavy atom. The summed E-state index contributed by atoms with van der Waals surface area (Å²) in [5, 5.41) is 0. The van der Waals surface area contributed by atoms with Crippen LogP contribution in [0.2, 0.25) is 0 Å². The van der Waals surface area contributed by atoms with Crippen molar-refractivity contribution in [1.29, 1.82) is 0 Å². The maximum Gasteiger partial charge on any atom is 0.515 e. The summed E-state index contributed by atoms with van der Waals surface area (Å²) < 4.78 is 17.9. The Kier molecular flexibility index (Phi) is 9.73. The van der Waals surface area contributed by atoms with E-state index in [1.54, 1.807) is 0 Å². The zero-order chi connectivity index (χ0) is 16.4. The molecule has 0 N–H and O–H groups in total. The van der Waals surface area contributed by atoms with Crippen molar-refractivity contribution in [3.05, 3.63) is 0 Å². The fourth-order valence-corrected chi connectivity index (χ4v) is 5.42. The predicted molar refractivity (Wildman–Crippen MR) is 92.1 cm³/mol. The van der Waals surface area contributed by atoms with Crippen LogP contribution in [-0.2, 0) is 13.3 Å². The lowest BCUT2D eigenvalue weighted by molar-refractivity contribution is 0.0468. The van der Waals surface area contributed by atoms with Gasteiger partial charge in [-0.2, -0.15) is 0 Å². The molecule has 132 valence electrons. The maximum absolute atomic E-state index is 5.95. The number of likely N-dealkylation sites (N-methyl/N-ethyl adjacent to an activating group) is 1. The zero-order valence-corrected chi connectivity index (χ0v) is 16.1. The molecule has 7 heteroatoms. The van der Waals surface area contributed by atoms with Gasteiger partial charge in [0.2, 0.25) is 0 Å². The molecular formula is C15H35N3O3Si. The second-order valence-corrected chi connectivity index (χ2v) is 8.45. The number of rotatable bonds is 11. The molecule has 1 fully saturated rings. The van der Waals surface area contributed by atoms with Gasteiger partial charge < -0.3 is 18.2 Å². The van der Waals surface area contributed by atoms with Crippen LogP contribution in [0.3, 0.4) is 0 Å². The minimum Gasteiger partial charge on any atom is -0.373 e. The first-order valence-electron chi connectivity index (χ1n) is 8.56. The highest BCUT2D eigenvalue weighted by Gasteiger charge is 2.42. The minimum atomic E-state index is -2.54. The first-order chi connectivity index (χ1) is 10.5. The van der Waals surface area contributed by atoms with Gasteiger partial charge in [-0.3, -0.25) is 9.80 Å². The van der Waals surface area contributed by atoms with Crippen molar-refractivity contribution in [1.82, 2.24) is 14.7 Å². The molecule has 0 unspecified atom stereocenters. The fraction of sp³-hybridized carbons (Fsp3) is 1.00. The molecule has 1 saturated heterocycles. The van der Waals surface area contributed by atoms with E-state index in [1.807, 2.05) is 20.8 Å². The highest BCUT2D eigenvalue weighted by molar-refractivity contribution is 6.60. The maximum atomic E-state index is 5.95. The molecule has 0 radical (unpaired) electrons. The molecule has 0 aromatic carbocycles. The summed E-state index contributed by atoms with van der Waals surface area (Å²) in [6.45, 7) is 14.6. The molecule has 0 amide bonds. The quantitative estimate of drug-likeness (QED) is 0.520. The van der Waals surface area contributed by atoms with E-state index in [0.29, 0.717) is 19.8 Å². The van der Waals surface area contributed by atoms with Gasteiger partial charge in [0.25, 0.3) is 0 Å². The van der Waals surface area contributed by atoms with E-state index in [1.165, 1.54) is 0 Å². The van der Waals surface area contributed by atoms with E-state index in [-0.39, 0.29) is 0 Å². The van der Waals surface area contributed by atoms with Crippen LogP contribution in [0.1, 0.15) is 20.8 Å². The Hall–Kier alpha value is -0.0231. The number of piperazine rings is 1. The average Bonchev–Trinajstić information content (AvgIpc) is 2.47. The molecule has 22 heavy (non-hydrogen) atoms. The molecule has 0 aromatic heterocycles. The molecule has 0 bridgehead atoms. The van der Waals surface area contributed by atoms with Crippen molar-refractivity contribution >= 4 is 8.80 Å². The van der Waals surface area contributed by atoms with Gasteiger partial charge in [0, 0.05) is 59.1 Å². The smallest absolute Gasteiger partial charge is 0.373 e. The van der Waals surface area contributed by atoms with E-state index >= 15 is 0 Å². The number of hydrogen-bond donors (Lipinski definition) is 0. The van der Waals surface area contributed by atoms with Gasteiger partial charge in [-0.1, -0.05) is 0 Å². The molecule has 1 rings (SSSR count). The molecule has 0 atom stereocenters. The van der Waals surface area contributed by atoms with Crippen molar-refractivity contribution in [2.75, 3.05) is 79.4 Å². The Bertz CT molecular complexity index is 270. The molecule has 1 heterocycles. The van der Waals surface area contributed by atoms with Crippen LogP contribution in [0.4, 0.5) is 0 Å². The van der Waals surface area contributed by atoms with Crippen molar-refractivity contribution in [2.45, 2.75) is 20.8 Å². The summed E-state index contributed by atoms with van der Waals surface area (Å²) in [4.78, 5) is 7.21. The second-order valence-electron chi connectivity index (χ2n) is 5.90. The van der Waals surface area contributed by atoms with Gasteiger partial charge in [0.05, 0.1) is 6.17 Å². The lowest BCUT2D eigenvalue weighted by Gasteiger charge is -2.38. The SMILES string of the molecule is CCO[Si](CN1CCN(CCN(C)C)CC1)(OCC)OCC. The monoisotopic (exact) mass is 333 g/mol. The van der Waals surface area contributed by atoms with Crippen molar-refractivity contribution in [3.8, 4) is 0 Å². The van der Waals surface area contributed by atoms with Crippen molar-refractivity contribution in [3.63, 3.8) is 0 Å². The highest BCUT2D eigenvalue weighted by Crippen LogP contribution is 2.14. The summed E-state index contributed by atoms with van der Waals surface area (Å²) in [5.74, 6) is 0. The Balaban J connectivity index is 2.46. The molecule has 6 nitrogen and oxygen atoms in total. The van der Waals surface area contributed by atoms with Crippen LogP contribution in [0, 0.1) is 0 Å². The van der Waals surface area contributed by atoms with Crippen LogP contribution in [0.15, 0.2) is 0 Å². The molecule has 1 aliphatic rings. The minimum absolute atomic E-state index is 0.648. The number of nitrogens with zero attached hydrogens (tertiary/aromatic N) is 3. The molecule has 0 spiro atoms. The third-order valence-electron chi connectivity index (χ3n) is 3.84. The molecule has 0 saturated carbocycles. The van der Waals surface area contributed by atoms with Crippen LogP contribution >= 0.6 is 0 Å². The summed E-state index contributed by atoms with van der Waals surface area (Å²) in [6, 6.07) is 0. The third kappa shape index (κ3) is 7.04. The Labute approximate surface area is 137 Å². The zero-order valence-electron chi connectivity index (χ0n) is 15.1. The van der Waals surface area contributed by atoms with Crippen LogP contribution in [-0.4, -0.2) is 103 Å². The van der Waals surface area contributed by atoms with Gasteiger partial charge >= 0.3 is 8.80 Å². The van der Waals surface area contributed by atoms with E-state index in [2.05, 4.69) is 28.8 Å². The summed E-state index contributed by atoms with van der Waals surface area (Å²) in [5.41, 5.74) is 0. The van der Waals surface area contributed by atoms with E-state index in [4.69, 9.17) is 13.3 Å². The van der Waals surface area contributed by atoms with Gasteiger partial charge in [-0.15, -0.1) is 0 Å².